The van der Waals surface area contributed by atoms with E-state index < -0.39 is 0 Å². The van der Waals surface area contributed by atoms with Crippen molar-refractivity contribution in [2.75, 3.05) is 0 Å². The second-order valence-electron chi connectivity index (χ2n) is 15.9. The minimum Gasteiger partial charge on any atom is -0.462 e. The van der Waals surface area contributed by atoms with E-state index in [1.54, 1.807) is 6.92 Å². The van der Waals surface area contributed by atoms with Gasteiger partial charge in [-0.15, -0.1) is 0 Å². The molecule has 0 N–H and O–H groups in total. The highest BCUT2D eigenvalue weighted by Crippen LogP contribution is 2.86. The molecule has 2 saturated heterocycles. The summed E-state index contributed by atoms with van der Waals surface area (Å²) in [6, 6.07) is 0. The van der Waals surface area contributed by atoms with Crippen molar-refractivity contribution in [1.29, 1.82) is 0 Å². The van der Waals surface area contributed by atoms with E-state index in [4.69, 9.17) is 14.2 Å². The van der Waals surface area contributed by atoms with E-state index in [1.807, 2.05) is 0 Å². The molecule has 6 aliphatic rings. The largest absolute Gasteiger partial charge is 0.462 e. The van der Waals surface area contributed by atoms with E-state index in [1.165, 1.54) is 51.4 Å². The molecule has 0 amide bonds. The fraction of sp³-hybridized carbons (Fsp3) is 0.969. The predicted molar refractivity (Wildman–Crippen MR) is 141 cm³/mol. The SMILES string of the molecule is CC(=O)O[C@H]1CC[C@@]2(C)[C@@H](CCC34OC32CCC2(C)C(C(C)CCC3OC3(C)C)CC[C@]24C)C1(C)C. The number of hydrogen-bond donors (Lipinski definition) is 0. The molecule has 0 bridgehead atoms. The molecular formula is C32H52O4. The molecule has 0 radical (unpaired) electrons. The highest BCUT2D eigenvalue weighted by molar-refractivity contribution is 5.66. The predicted octanol–water partition coefficient (Wildman–Crippen LogP) is 7.47. The van der Waals surface area contributed by atoms with E-state index in [0.29, 0.717) is 17.4 Å². The van der Waals surface area contributed by atoms with Gasteiger partial charge in [0.05, 0.1) is 11.7 Å². The summed E-state index contributed by atoms with van der Waals surface area (Å²) >= 11 is 0. The van der Waals surface area contributed by atoms with Crippen molar-refractivity contribution in [2.45, 2.75) is 156 Å². The van der Waals surface area contributed by atoms with Crippen molar-refractivity contribution in [3.05, 3.63) is 0 Å². The van der Waals surface area contributed by atoms with E-state index in [2.05, 4.69) is 55.4 Å². The molecule has 0 aromatic carbocycles. The highest BCUT2D eigenvalue weighted by Gasteiger charge is 2.90. The number of fused-ring (bicyclic) bond motifs is 2. The van der Waals surface area contributed by atoms with Gasteiger partial charge in [0.2, 0.25) is 0 Å². The lowest BCUT2D eigenvalue weighted by atomic mass is 9.38. The Kier molecular flexibility index (Phi) is 5.21. The first-order valence-electron chi connectivity index (χ1n) is 15.2. The van der Waals surface area contributed by atoms with Gasteiger partial charge in [-0.05, 0) is 101 Å². The average molecular weight is 501 g/mol. The molecule has 4 nitrogen and oxygen atoms in total. The molecule has 0 spiro atoms. The Labute approximate surface area is 220 Å². The number of hydrogen-bond acceptors (Lipinski definition) is 4. The Morgan fingerprint density at radius 3 is 2.22 bits per heavy atom. The number of rotatable bonds is 5. The lowest BCUT2D eigenvalue weighted by Crippen LogP contribution is -2.66. The third-order valence-corrected chi connectivity index (χ3v) is 14.1. The first-order chi connectivity index (χ1) is 16.6. The number of ether oxygens (including phenoxy) is 3. The van der Waals surface area contributed by atoms with Crippen LogP contribution in [0.1, 0.15) is 127 Å². The Morgan fingerprint density at radius 1 is 0.889 bits per heavy atom. The van der Waals surface area contributed by atoms with Crippen LogP contribution in [-0.4, -0.2) is 35.0 Å². The summed E-state index contributed by atoms with van der Waals surface area (Å²) < 4.78 is 19.1. The molecular weight excluding hydrogens is 448 g/mol. The first kappa shape index (κ1) is 25.7. The van der Waals surface area contributed by atoms with Gasteiger partial charge in [0.25, 0.3) is 0 Å². The van der Waals surface area contributed by atoms with Crippen molar-refractivity contribution in [1.82, 2.24) is 0 Å². The Balaban J connectivity index is 1.26. The summed E-state index contributed by atoms with van der Waals surface area (Å²) in [6.07, 6.45) is 12.6. The van der Waals surface area contributed by atoms with Crippen molar-refractivity contribution >= 4 is 5.97 Å². The third kappa shape index (κ3) is 2.87. The molecule has 4 heteroatoms. The zero-order chi connectivity index (χ0) is 26.2. The highest BCUT2D eigenvalue weighted by atomic mass is 16.6. The number of esters is 1. The molecule has 204 valence electrons. The van der Waals surface area contributed by atoms with Crippen molar-refractivity contribution in [2.24, 2.45) is 39.4 Å². The lowest BCUT2D eigenvalue weighted by molar-refractivity contribution is -0.184. The van der Waals surface area contributed by atoms with Gasteiger partial charge in [-0.1, -0.05) is 41.5 Å². The molecule has 4 aliphatic carbocycles. The third-order valence-electron chi connectivity index (χ3n) is 14.1. The maximum atomic E-state index is 11.9. The Bertz CT molecular complexity index is 956. The monoisotopic (exact) mass is 500 g/mol. The minimum atomic E-state index is -0.133. The normalized spacial score (nSPS) is 54.4. The molecule has 0 aromatic heterocycles. The summed E-state index contributed by atoms with van der Waals surface area (Å²) in [5, 5.41) is 0. The van der Waals surface area contributed by atoms with Gasteiger partial charge in [0.1, 0.15) is 17.3 Å². The van der Waals surface area contributed by atoms with Gasteiger partial charge in [-0.25, -0.2) is 0 Å². The van der Waals surface area contributed by atoms with E-state index in [-0.39, 0.29) is 45.1 Å². The van der Waals surface area contributed by atoms with Crippen LogP contribution in [0, 0.1) is 39.4 Å². The van der Waals surface area contributed by atoms with Crippen molar-refractivity contribution in [3.8, 4) is 0 Å². The minimum absolute atomic E-state index is 0.0135. The summed E-state index contributed by atoms with van der Waals surface area (Å²) in [5.74, 6) is 1.92. The molecule has 36 heavy (non-hydrogen) atoms. The van der Waals surface area contributed by atoms with Gasteiger partial charge in [0.15, 0.2) is 0 Å². The standard InChI is InChI=1S/C32H52O4/c1-20(10-11-25-27(5,6)35-25)22-12-16-30(9)28(22,7)18-19-31-29(8)15-14-24(34-21(2)33)26(3,4)23(29)13-17-32(30,31)36-31/h20,22-25H,10-19H2,1-9H3/t20?,22?,23-,24-,25?,28?,29-,30+,31?,32?/m0/s1. The summed E-state index contributed by atoms with van der Waals surface area (Å²) in [4.78, 5) is 11.9. The van der Waals surface area contributed by atoms with Crippen LogP contribution in [0.15, 0.2) is 0 Å². The van der Waals surface area contributed by atoms with Crippen molar-refractivity contribution in [3.63, 3.8) is 0 Å². The van der Waals surface area contributed by atoms with E-state index >= 15 is 0 Å². The quantitative estimate of drug-likeness (QED) is 0.290. The van der Waals surface area contributed by atoms with Crippen LogP contribution in [0.4, 0.5) is 0 Å². The second kappa shape index (κ2) is 7.32. The van der Waals surface area contributed by atoms with E-state index in [0.717, 1.165) is 24.7 Å². The van der Waals surface area contributed by atoms with Crippen LogP contribution in [0.3, 0.4) is 0 Å². The lowest BCUT2D eigenvalue weighted by Gasteiger charge is -2.64. The van der Waals surface area contributed by atoms with Gasteiger partial charge >= 0.3 is 5.97 Å². The fourth-order valence-corrected chi connectivity index (χ4v) is 11.7. The smallest absolute Gasteiger partial charge is 0.302 e. The molecule has 6 unspecified atom stereocenters. The van der Waals surface area contributed by atoms with Gasteiger partial charge in [0, 0.05) is 23.2 Å². The fourth-order valence-electron chi connectivity index (χ4n) is 11.7. The topological polar surface area (TPSA) is 51.4 Å². The number of carbonyl (C=O) groups excluding carboxylic acids is 1. The molecule has 0 aromatic rings. The zero-order valence-corrected chi connectivity index (χ0v) is 24.6. The zero-order valence-electron chi connectivity index (χ0n) is 24.6. The van der Waals surface area contributed by atoms with E-state index in [9.17, 15) is 4.79 Å². The molecule has 10 atom stereocenters. The van der Waals surface area contributed by atoms with Crippen LogP contribution in [0.2, 0.25) is 0 Å². The number of carbonyl (C=O) groups is 1. The van der Waals surface area contributed by atoms with Gasteiger partial charge in [-0.3, -0.25) is 4.79 Å². The Hall–Kier alpha value is -0.610. The Morgan fingerprint density at radius 2 is 1.58 bits per heavy atom. The molecule has 4 saturated carbocycles. The molecule has 2 aliphatic heterocycles. The summed E-state index contributed by atoms with van der Waals surface area (Å²) in [6.45, 7) is 21.1. The van der Waals surface area contributed by atoms with Crippen LogP contribution < -0.4 is 0 Å². The average Bonchev–Trinajstić information content (AvgIpc) is 3.62. The van der Waals surface area contributed by atoms with Gasteiger partial charge in [-0.2, -0.15) is 0 Å². The van der Waals surface area contributed by atoms with Crippen molar-refractivity contribution < 1.29 is 19.0 Å². The van der Waals surface area contributed by atoms with Crippen LogP contribution in [0.5, 0.6) is 0 Å². The van der Waals surface area contributed by atoms with Gasteiger partial charge < -0.3 is 14.2 Å². The first-order valence-corrected chi connectivity index (χ1v) is 15.2. The van der Waals surface area contributed by atoms with Crippen LogP contribution in [0.25, 0.3) is 0 Å². The number of epoxide rings is 2. The van der Waals surface area contributed by atoms with Crippen LogP contribution in [-0.2, 0) is 19.0 Å². The maximum Gasteiger partial charge on any atom is 0.302 e. The molecule has 6 fully saturated rings. The second-order valence-corrected chi connectivity index (χ2v) is 15.9. The molecule has 6 rings (SSSR count). The molecule has 2 heterocycles. The summed E-state index contributed by atoms with van der Waals surface area (Å²) in [7, 11) is 0. The summed E-state index contributed by atoms with van der Waals surface area (Å²) in [5.41, 5.74) is 0.901. The maximum absolute atomic E-state index is 11.9. The van der Waals surface area contributed by atoms with Crippen LogP contribution >= 0.6 is 0 Å².